The van der Waals surface area contributed by atoms with E-state index in [1.54, 1.807) is 11.8 Å². The number of benzene rings is 2. The molecule has 1 N–H and O–H groups in total. The lowest BCUT2D eigenvalue weighted by Crippen LogP contribution is -1.97. The number of fused-ring (bicyclic) bond motifs is 1. The Morgan fingerprint density at radius 2 is 1.85 bits per heavy atom. The minimum atomic E-state index is -0.724. The third-order valence-corrected chi connectivity index (χ3v) is 4.20. The highest BCUT2D eigenvalue weighted by molar-refractivity contribution is 7.98. The Balaban J connectivity index is 1.98. The second-order valence-electron chi connectivity index (χ2n) is 4.82. The van der Waals surface area contributed by atoms with Crippen molar-refractivity contribution in [1.82, 2.24) is 0 Å². The highest BCUT2D eigenvalue weighted by Crippen LogP contribution is 2.30. The predicted octanol–water partition coefficient (Wildman–Crippen LogP) is 4.54. The number of aliphatic hydroxyl groups excluding tert-OH is 1. The summed E-state index contributed by atoms with van der Waals surface area (Å²) >= 11 is 1.69. The molecule has 0 radical (unpaired) electrons. The molecule has 1 heterocycles. The zero-order valence-electron chi connectivity index (χ0n) is 11.5. The van der Waals surface area contributed by atoms with Gasteiger partial charge in [0.15, 0.2) is 0 Å². The van der Waals surface area contributed by atoms with Crippen LogP contribution in [0.2, 0.25) is 0 Å². The Hall–Kier alpha value is -1.71. The van der Waals surface area contributed by atoms with E-state index in [0.29, 0.717) is 5.76 Å². The Labute approximate surface area is 122 Å². The minimum absolute atomic E-state index is 0.589. The van der Waals surface area contributed by atoms with Crippen molar-refractivity contribution in [2.75, 3.05) is 6.26 Å². The topological polar surface area (TPSA) is 33.4 Å². The van der Waals surface area contributed by atoms with Crippen molar-refractivity contribution >= 4 is 22.7 Å². The van der Waals surface area contributed by atoms with Crippen molar-refractivity contribution < 1.29 is 9.52 Å². The van der Waals surface area contributed by atoms with E-state index in [9.17, 15) is 5.11 Å². The molecule has 3 aromatic rings. The molecule has 3 heteroatoms. The first-order valence-electron chi connectivity index (χ1n) is 6.50. The monoisotopic (exact) mass is 284 g/mol. The van der Waals surface area contributed by atoms with Crippen LogP contribution in [-0.2, 0) is 0 Å². The summed E-state index contributed by atoms with van der Waals surface area (Å²) in [5.41, 5.74) is 2.78. The lowest BCUT2D eigenvalue weighted by Gasteiger charge is -2.08. The van der Waals surface area contributed by atoms with E-state index in [4.69, 9.17) is 4.42 Å². The smallest absolute Gasteiger partial charge is 0.138 e. The van der Waals surface area contributed by atoms with E-state index in [1.807, 2.05) is 61.7 Å². The third-order valence-electron chi connectivity index (χ3n) is 3.46. The zero-order valence-corrected chi connectivity index (χ0v) is 12.3. The first kappa shape index (κ1) is 13.3. The van der Waals surface area contributed by atoms with Crippen LogP contribution in [0, 0.1) is 6.92 Å². The van der Waals surface area contributed by atoms with Crippen molar-refractivity contribution in [3.05, 3.63) is 65.4 Å². The summed E-state index contributed by atoms with van der Waals surface area (Å²) < 4.78 is 5.82. The lowest BCUT2D eigenvalue weighted by molar-refractivity contribution is 0.192. The predicted molar refractivity (Wildman–Crippen MR) is 83.2 cm³/mol. The van der Waals surface area contributed by atoms with Gasteiger partial charge >= 0.3 is 0 Å². The van der Waals surface area contributed by atoms with E-state index in [1.165, 1.54) is 4.90 Å². The zero-order chi connectivity index (χ0) is 14.1. The number of thioether (sulfide) groups is 1. The van der Waals surface area contributed by atoms with Gasteiger partial charge in [-0.05, 0) is 42.5 Å². The van der Waals surface area contributed by atoms with Gasteiger partial charge in [0.1, 0.15) is 17.4 Å². The van der Waals surface area contributed by atoms with E-state index in [-0.39, 0.29) is 0 Å². The number of furan rings is 1. The first-order valence-corrected chi connectivity index (χ1v) is 7.72. The summed E-state index contributed by atoms with van der Waals surface area (Å²) in [7, 11) is 0. The molecule has 0 amide bonds. The first-order chi connectivity index (χ1) is 9.69. The fourth-order valence-corrected chi connectivity index (χ4v) is 2.72. The van der Waals surface area contributed by atoms with Crippen molar-refractivity contribution in [2.45, 2.75) is 17.9 Å². The molecule has 2 aromatic carbocycles. The van der Waals surface area contributed by atoms with Crippen molar-refractivity contribution in [3.63, 3.8) is 0 Å². The second kappa shape index (κ2) is 5.35. The molecule has 0 bridgehead atoms. The summed E-state index contributed by atoms with van der Waals surface area (Å²) in [4.78, 5) is 1.18. The normalized spacial score (nSPS) is 12.8. The van der Waals surface area contributed by atoms with Crippen LogP contribution in [0.1, 0.15) is 23.0 Å². The van der Waals surface area contributed by atoms with Gasteiger partial charge in [-0.1, -0.05) is 30.3 Å². The van der Waals surface area contributed by atoms with E-state index in [2.05, 4.69) is 0 Å². The van der Waals surface area contributed by atoms with Crippen molar-refractivity contribution in [2.24, 2.45) is 0 Å². The standard InChI is InChI=1S/C17H16O2S/c1-11-4-3-5-13-10-15(19-17(11)13)16(18)12-6-8-14(20-2)9-7-12/h3-10,16,18H,1-2H3. The summed E-state index contributed by atoms with van der Waals surface area (Å²) in [5.74, 6) is 0.589. The third kappa shape index (κ3) is 2.35. The Bertz CT molecular complexity index is 728. The van der Waals surface area contributed by atoms with Gasteiger partial charge in [0.25, 0.3) is 0 Å². The average Bonchev–Trinajstić information content (AvgIpc) is 2.92. The van der Waals surface area contributed by atoms with Crippen molar-refractivity contribution in [1.29, 1.82) is 0 Å². The molecular formula is C17H16O2S. The van der Waals surface area contributed by atoms with Gasteiger partial charge in [-0.3, -0.25) is 0 Å². The molecule has 0 aliphatic carbocycles. The van der Waals surface area contributed by atoms with Crippen molar-refractivity contribution in [3.8, 4) is 0 Å². The van der Waals surface area contributed by atoms with Crippen LogP contribution < -0.4 is 0 Å². The molecule has 102 valence electrons. The maximum absolute atomic E-state index is 10.4. The van der Waals surface area contributed by atoms with Gasteiger partial charge in [0.05, 0.1) is 0 Å². The van der Waals surface area contributed by atoms with E-state index < -0.39 is 6.10 Å². The summed E-state index contributed by atoms with van der Waals surface area (Å²) in [5, 5.41) is 11.5. The summed E-state index contributed by atoms with van der Waals surface area (Å²) in [6.07, 6.45) is 1.31. The Morgan fingerprint density at radius 3 is 2.50 bits per heavy atom. The van der Waals surface area contributed by atoms with E-state index >= 15 is 0 Å². The van der Waals surface area contributed by atoms with Crippen LogP contribution in [0.3, 0.4) is 0 Å². The van der Waals surface area contributed by atoms with Crippen LogP contribution in [0.15, 0.2) is 57.8 Å². The maximum atomic E-state index is 10.4. The largest absolute Gasteiger partial charge is 0.458 e. The fraction of sp³-hybridized carbons (Fsp3) is 0.176. The van der Waals surface area contributed by atoms with Gasteiger partial charge in [-0.25, -0.2) is 0 Å². The summed E-state index contributed by atoms with van der Waals surface area (Å²) in [6, 6.07) is 15.8. The van der Waals surface area contributed by atoms with Gasteiger partial charge in [-0.15, -0.1) is 11.8 Å². The fourth-order valence-electron chi connectivity index (χ4n) is 2.31. The molecule has 0 fully saturated rings. The number of para-hydroxylation sites is 1. The van der Waals surface area contributed by atoms with Crippen LogP contribution in [-0.4, -0.2) is 11.4 Å². The van der Waals surface area contributed by atoms with Gasteiger partial charge in [-0.2, -0.15) is 0 Å². The molecular weight excluding hydrogens is 268 g/mol. The Kier molecular flexibility index (Phi) is 3.55. The molecule has 0 aliphatic rings. The molecule has 0 saturated carbocycles. The summed E-state index contributed by atoms with van der Waals surface area (Å²) in [6.45, 7) is 2.01. The maximum Gasteiger partial charge on any atom is 0.138 e. The molecule has 0 aliphatic heterocycles. The molecule has 2 nitrogen and oxygen atoms in total. The Morgan fingerprint density at radius 1 is 1.10 bits per heavy atom. The number of hydrogen-bond donors (Lipinski definition) is 1. The number of rotatable bonds is 3. The molecule has 1 unspecified atom stereocenters. The molecule has 1 aromatic heterocycles. The molecule has 3 rings (SSSR count). The molecule has 0 spiro atoms. The molecule has 20 heavy (non-hydrogen) atoms. The highest BCUT2D eigenvalue weighted by Gasteiger charge is 2.16. The number of aryl methyl sites for hydroxylation is 1. The average molecular weight is 284 g/mol. The highest BCUT2D eigenvalue weighted by atomic mass is 32.2. The quantitative estimate of drug-likeness (QED) is 0.717. The number of aliphatic hydroxyl groups is 1. The van der Waals surface area contributed by atoms with Gasteiger partial charge in [0.2, 0.25) is 0 Å². The molecule has 0 saturated heterocycles. The number of hydrogen-bond acceptors (Lipinski definition) is 3. The molecule has 1 atom stereocenters. The van der Waals surface area contributed by atoms with E-state index in [0.717, 1.165) is 22.1 Å². The van der Waals surface area contributed by atoms with Crippen LogP contribution >= 0.6 is 11.8 Å². The van der Waals surface area contributed by atoms with Gasteiger partial charge < -0.3 is 9.52 Å². The van der Waals surface area contributed by atoms with Crippen LogP contribution in [0.4, 0.5) is 0 Å². The van der Waals surface area contributed by atoms with Crippen LogP contribution in [0.25, 0.3) is 11.0 Å². The lowest BCUT2D eigenvalue weighted by atomic mass is 10.1. The van der Waals surface area contributed by atoms with Gasteiger partial charge in [0, 0.05) is 10.3 Å². The minimum Gasteiger partial charge on any atom is -0.458 e. The van der Waals surface area contributed by atoms with Crippen LogP contribution in [0.5, 0.6) is 0 Å². The SMILES string of the molecule is CSc1ccc(C(O)c2cc3cccc(C)c3o2)cc1. The second-order valence-corrected chi connectivity index (χ2v) is 5.70.